The van der Waals surface area contributed by atoms with Crippen LogP contribution in [0, 0.1) is 12.7 Å². The molecular formula is C21H26FN3O3. The summed E-state index contributed by atoms with van der Waals surface area (Å²) in [4.78, 5) is 16.2. The van der Waals surface area contributed by atoms with Gasteiger partial charge in [-0.25, -0.2) is 14.2 Å². The van der Waals surface area contributed by atoms with Crippen LogP contribution in [0.2, 0.25) is 0 Å². The first-order valence-electron chi connectivity index (χ1n) is 9.43. The molecule has 0 amide bonds. The van der Waals surface area contributed by atoms with Crippen molar-refractivity contribution < 1.29 is 18.3 Å². The molecule has 2 N–H and O–H groups in total. The number of aryl methyl sites for hydroxylation is 1. The van der Waals surface area contributed by atoms with Crippen molar-refractivity contribution in [2.75, 3.05) is 20.2 Å². The van der Waals surface area contributed by atoms with Gasteiger partial charge in [-0.2, -0.15) is 0 Å². The van der Waals surface area contributed by atoms with Crippen LogP contribution in [0.25, 0.3) is 0 Å². The smallest absolute Gasteiger partial charge is 0.341 e. The number of hydrogen-bond acceptors (Lipinski definition) is 4. The van der Waals surface area contributed by atoms with E-state index in [1.165, 1.54) is 13.2 Å². The Kier molecular flexibility index (Phi) is 6.02. The Hall–Kier alpha value is -2.83. The second-order valence-corrected chi connectivity index (χ2v) is 7.01. The van der Waals surface area contributed by atoms with E-state index < -0.39 is 5.97 Å². The molecule has 0 atom stereocenters. The molecule has 1 aromatic carbocycles. The van der Waals surface area contributed by atoms with Crippen LogP contribution in [0.3, 0.4) is 0 Å². The molecule has 28 heavy (non-hydrogen) atoms. The number of ether oxygens (including phenoxy) is 1. The van der Waals surface area contributed by atoms with Crippen LogP contribution in [-0.2, 0) is 16.7 Å². The largest absolute Gasteiger partial charge is 0.465 e. The molecular weight excluding hydrogens is 361 g/mol. The van der Waals surface area contributed by atoms with Crippen LogP contribution in [0.5, 0.6) is 0 Å². The fraction of sp³-hybridized carbons (Fsp3) is 0.429. The van der Waals surface area contributed by atoms with E-state index in [1.54, 1.807) is 25.1 Å². The average molecular weight is 387 g/mol. The minimum absolute atomic E-state index is 0.0440. The van der Waals surface area contributed by atoms with Gasteiger partial charge in [0.1, 0.15) is 29.4 Å². The highest BCUT2D eigenvalue weighted by Gasteiger charge is 2.44. The van der Waals surface area contributed by atoms with Crippen molar-refractivity contribution in [3.8, 4) is 0 Å². The lowest BCUT2D eigenvalue weighted by atomic mass is 9.96. The average Bonchev–Trinajstić information content (AvgIpc) is 3.39. The van der Waals surface area contributed by atoms with Crippen LogP contribution in [0.4, 0.5) is 4.39 Å². The second kappa shape index (κ2) is 8.46. The highest BCUT2D eigenvalue weighted by molar-refractivity contribution is 5.90. The number of guanidine groups is 1. The summed E-state index contributed by atoms with van der Waals surface area (Å²) in [5, 5.41) is 6.55. The van der Waals surface area contributed by atoms with Gasteiger partial charge in [0.05, 0.1) is 7.11 Å². The molecule has 150 valence electrons. The number of aliphatic imine (C=N–C) groups is 1. The monoisotopic (exact) mass is 387 g/mol. The molecule has 1 aliphatic rings. The van der Waals surface area contributed by atoms with E-state index in [-0.39, 0.29) is 11.2 Å². The van der Waals surface area contributed by atoms with Crippen molar-refractivity contribution in [1.29, 1.82) is 0 Å². The maximum Gasteiger partial charge on any atom is 0.341 e. The van der Waals surface area contributed by atoms with Gasteiger partial charge in [-0.1, -0.05) is 12.1 Å². The van der Waals surface area contributed by atoms with Crippen LogP contribution < -0.4 is 10.6 Å². The highest BCUT2D eigenvalue weighted by Crippen LogP contribution is 2.47. The van der Waals surface area contributed by atoms with Gasteiger partial charge in [-0.15, -0.1) is 0 Å². The SMILES string of the molecule is CCNC(=NCc1cc(C(=O)OC)c(C)o1)NCC1(c2cccc(F)c2)CC1. The number of carbonyl (C=O) groups is 1. The third-order valence-electron chi connectivity index (χ3n) is 5.00. The lowest BCUT2D eigenvalue weighted by Gasteiger charge is -2.19. The Morgan fingerprint density at radius 2 is 2.11 bits per heavy atom. The van der Waals surface area contributed by atoms with E-state index in [4.69, 9.17) is 9.15 Å². The Balaban J connectivity index is 1.66. The van der Waals surface area contributed by atoms with Gasteiger partial charge in [0.2, 0.25) is 0 Å². The number of methoxy groups -OCH3 is 1. The number of halogens is 1. The Morgan fingerprint density at radius 1 is 1.32 bits per heavy atom. The first-order valence-corrected chi connectivity index (χ1v) is 9.43. The van der Waals surface area contributed by atoms with Gasteiger partial charge in [-0.05, 0) is 50.5 Å². The molecule has 3 rings (SSSR count). The standard InChI is InChI=1S/C21H26FN3O3/c1-4-23-20(24-12-17-11-18(14(2)28-17)19(26)27-3)25-13-21(8-9-21)15-6-5-7-16(22)10-15/h5-7,10-11H,4,8-9,12-13H2,1-3H3,(H2,23,24,25). The van der Waals surface area contributed by atoms with Crippen LogP contribution in [0.1, 0.15) is 47.2 Å². The number of esters is 1. The maximum absolute atomic E-state index is 13.6. The Morgan fingerprint density at radius 3 is 2.75 bits per heavy atom. The molecule has 0 bridgehead atoms. The molecule has 0 saturated heterocycles. The van der Waals surface area contributed by atoms with Gasteiger partial charge in [0.15, 0.2) is 5.96 Å². The molecule has 6 nitrogen and oxygen atoms in total. The summed E-state index contributed by atoms with van der Waals surface area (Å²) >= 11 is 0. The van der Waals surface area contributed by atoms with E-state index in [0.717, 1.165) is 18.4 Å². The zero-order chi connectivity index (χ0) is 20.1. The number of benzene rings is 1. The third kappa shape index (κ3) is 4.52. The summed E-state index contributed by atoms with van der Waals surface area (Å²) in [7, 11) is 1.34. The van der Waals surface area contributed by atoms with Gasteiger partial charge >= 0.3 is 5.97 Å². The molecule has 0 spiro atoms. The Labute approximate surface area is 164 Å². The second-order valence-electron chi connectivity index (χ2n) is 7.01. The zero-order valence-corrected chi connectivity index (χ0v) is 16.5. The first kappa shape index (κ1) is 19.9. The molecule has 1 fully saturated rings. The third-order valence-corrected chi connectivity index (χ3v) is 5.00. The summed E-state index contributed by atoms with van der Waals surface area (Å²) in [5.41, 5.74) is 1.38. The lowest BCUT2D eigenvalue weighted by molar-refractivity contribution is 0.0599. The van der Waals surface area contributed by atoms with Gasteiger partial charge < -0.3 is 19.8 Å². The van der Waals surface area contributed by atoms with Gasteiger partial charge in [-0.3, -0.25) is 0 Å². The molecule has 0 aliphatic heterocycles. The number of hydrogen-bond donors (Lipinski definition) is 2. The molecule has 1 heterocycles. The fourth-order valence-corrected chi connectivity index (χ4v) is 3.22. The number of rotatable bonds is 7. The maximum atomic E-state index is 13.6. The minimum atomic E-state index is -0.424. The molecule has 0 radical (unpaired) electrons. The van der Waals surface area contributed by atoms with Gasteiger partial charge in [0.25, 0.3) is 0 Å². The van der Waals surface area contributed by atoms with Crippen LogP contribution in [-0.4, -0.2) is 32.1 Å². The molecule has 2 aromatic rings. The van der Waals surface area contributed by atoms with Crippen molar-refractivity contribution in [2.24, 2.45) is 4.99 Å². The molecule has 1 saturated carbocycles. The predicted molar refractivity (Wildman–Crippen MR) is 105 cm³/mol. The summed E-state index contributed by atoms with van der Waals surface area (Å²) in [6.07, 6.45) is 2.03. The van der Waals surface area contributed by atoms with Gasteiger partial charge in [0, 0.05) is 18.5 Å². The van der Waals surface area contributed by atoms with E-state index in [1.807, 2.05) is 13.0 Å². The predicted octanol–water partition coefficient (Wildman–Crippen LogP) is 3.30. The number of nitrogens with one attached hydrogen (secondary N) is 2. The molecule has 1 aliphatic carbocycles. The van der Waals surface area contributed by atoms with E-state index in [0.29, 0.717) is 42.7 Å². The lowest BCUT2D eigenvalue weighted by Crippen LogP contribution is -2.41. The topological polar surface area (TPSA) is 75.9 Å². The van der Waals surface area contributed by atoms with E-state index >= 15 is 0 Å². The molecule has 1 aromatic heterocycles. The molecule has 0 unspecified atom stereocenters. The van der Waals surface area contributed by atoms with E-state index in [9.17, 15) is 9.18 Å². The molecule has 7 heteroatoms. The number of nitrogens with zero attached hydrogens (tertiary/aromatic N) is 1. The Bertz CT molecular complexity index is 872. The van der Waals surface area contributed by atoms with Crippen molar-refractivity contribution in [3.05, 3.63) is 58.8 Å². The number of furan rings is 1. The highest BCUT2D eigenvalue weighted by atomic mass is 19.1. The summed E-state index contributed by atoms with van der Waals surface area (Å²) in [6, 6.07) is 8.46. The summed E-state index contributed by atoms with van der Waals surface area (Å²) in [6.45, 7) is 5.39. The quantitative estimate of drug-likeness (QED) is 0.433. The van der Waals surface area contributed by atoms with Crippen LogP contribution >= 0.6 is 0 Å². The van der Waals surface area contributed by atoms with Crippen molar-refractivity contribution >= 4 is 11.9 Å². The summed E-state index contributed by atoms with van der Waals surface area (Å²) in [5.74, 6) is 1.12. The number of carbonyl (C=O) groups excluding carboxylic acids is 1. The summed E-state index contributed by atoms with van der Waals surface area (Å²) < 4.78 is 23.9. The van der Waals surface area contributed by atoms with Crippen molar-refractivity contribution in [1.82, 2.24) is 10.6 Å². The zero-order valence-electron chi connectivity index (χ0n) is 16.5. The minimum Gasteiger partial charge on any atom is -0.465 e. The van der Waals surface area contributed by atoms with Crippen LogP contribution in [0.15, 0.2) is 39.7 Å². The van der Waals surface area contributed by atoms with Crippen molar-refractivity contribution in [3.63, 3.8) is 0 Å². The van der Waals surface area contributed by atoms with E-state index in [2.05, 4.69) is 15.6 Å². The normalized spacial score (nSPS) is 15.2. The van der Waals surface area contributed by atoms with Crippen molar-refractivity contribution in [2.45, 2.75) is 38.6 Å². The first-order chi connectivity index (χ1) is 13.5. The fourth-order valence-electron chi connectivity index (χ4n) is 3.22.